The van der Waals surface area contributed by atoms with Crippen molar-refractivity contribution in [3.8, 4) is 0 Å². The zero-order valence-corrected chi connectivity index (χ0v) is 12.8. The van der Waals surface area contributed by atoms with Crippen LogP contribution in [0, 0.1) is 5.41 Å². The summed E-state index contributed by atoms with van der Waals surface area (Å²) in [7, 11) is 2.08. The molecule has 0 saturated carbocycles. The first-order valence-corrected chi connectivity index (χ1v) is 7.45. The number of likely N-dealkylation sites (tertiary alicyclic amines) is 1. The summed E-state index contributed by atoms with van der Waals surface area (Å²) in [6.07, 6.45) is 1.30. The van der Waals surface area contributed by atoms with E-state index in [1.807, 2.05) is 0 Å². The summed E-state index contributed by atoms with van der Waals surface area (Å²) in [5, 5.41) is 3.48. The maximum absolute atomic E-state index is 3.48. The van der Waals surface area contributed by atoms with Crippen molar-refractivity contribution < 1.29 is 0 Å². The van der Waals surface area contributed by atoms with Gasteiger partial charge in [-0.25, -0.2) is 0 Å². The second kappa shape index (κ2) is 6.06. The first kappa shape index (κ1) is 14.5. The highest BCUT2D eigenvalue weighted by molar-refractivity contribution is 5.21. The lowest BCUT2D eigenvalue weighted by atomic mass is 9.86. The molecule has 1 aliphatic rings. The Balaban J connectivity index is 1.92. The zero-order chi connectivity index (χ0) is 13.9. The third-order valence-electron chi connectivity index (χ3n) is 4.38. The van der Waals surface area contributed by atoms with Crippen molar-refractivity contribution in [2.75, 3.05) is 26.7 Å². The van der Waals surface area contributed by atoms with Gasteiger partial charge in [0.1, 0.15) is 0 Å². The Bertz CT molecular complexity index is 380. The predicted molar refractivity (Wildman–Crippen MR) is 82.5 cm³/mol. The van der Waals surface area contributed by atoms with Gasteiger partial charge in [0.15, 0.2) is 0 Å². The van der Waals surface area contributed by atoms with E-state index < -0.39 is 0 Å². The molecule has 0 radical (unpaired) electrons. The zero-order valence-electron chi connectivity index (χ0n) is 12.8. The summed E-state index contributed by atoms with van der Waals surface area (Å²) in [5.74, 6) is 0.721. The molecule has 1 aromatic carbocycles. The Hall–Kier alpha value is -0.860. The number of benzene rings is 1. The van der Waals surface area contributed by atoms with Crippen molar-refractivity contribution in [1.82, 2.24) is 10.2 Å². The van der Waals surface area contributed by atoms with Crippen molar-refractivity contribution >= 4 is 0 Å². The van der Waals surface area contributed by atoms with Gasteiger partial charge in [-0.3, -0.25) is 0 Å². The summed E-state index contributed by atoms with van der Waals surface area (Å²) in [4.78, 5) is 2.62. The van der Waals surface area contributed by atoms with Crippen LogP contribution in [-0.4, -0.2) is 37.6 Å². The minimum atomic E-state index is 0.319. The number of nitrogens with zero attached hydrogens (tertiary/aromatic N) is 1. The molecule has 0 bridgehead atoms. The first-order valence-electron chi connectivity index (χ1n) is 7.45. The van der Waals surface area contributed by atoms with Crippen molar-refractivity contribution in [3.05, 3.63) is 35.9 Å². The molecule has 0 spiro atoms. The summed E-state index contributed by atoms with van der Waals surface area (Å²) in [6, 6.07) is 11.5. The molecule has 0 aromatic heterocycles. The third-order valence-corrected chi connectivity index (χ3v) is 4.38. The Morgan fingerprint density at radius 3 is 2.53 bits per heavy atom. The molecule has 0 aliphatic carbocycles. The lowest BCUT2D eigenvalue weighted by Gasteiger charge is -2.33. The molecule has 2 atom stereocenters. The third kappa shape index (κ3) is 3.80. The van der Waals surface area contributed by atoms with Crippen LogP contribution in [0.25, 0.3) is 0 Å². The Morgan fingerprint density at radius 1 is 1.26 bits per heavy atom. The fraction of sp³-hybridized carbons (Fsp3) is 0.647. The van der Waals surface area contributed by atoms with E-state index in [-0.39, 0.29) is 0 Å². The number of hydrogen-bond acceptors (Lipinski definition) is 2. The molecule has 1 saturated heterocycles. The van der Waals surface area contributed by atoms with Crippen LogP contribution in [0.2, 0.25) is 0 Å². The van der Waals surface area contributed by atoms with Crippen LogP contribution in [0.4, 0.5) is 0 Å². The molecule has 1 aliphatic heterocycles. The lowest BCUT2D eigenvalue weighted by Crippen LogP contribution is -2.46. The van der Waals surface area contributed by atoms with Crippen LogP contribution in [0.15, 0.2) is 30.3 Å². The molecule has 2 heteroatoms. The van der Waals surface area contributed by atoms with Crippen LogP contribution in [0.5, 0.6) is 0 Å². The van der Waals surface area contributed by atoms with Crippen molar-refractivity contribution in [2.45, 2.75) is 39.2 Å². The quantitative estimate of drug-likeness (QED) is 0.895. The van der Waals surface area contributed by atoms with E-state index in [0.29, 0.717) is 11.5 Å². The minimum Gasteiger partial charge on any atom is -0.315 e. The van der Waals surface area contributed by atoms with Crippen LogP contribution in [0.1, 0.15) is 38.7 Å². The molecule has 19 heavy (non-hydrogen) atoms. The number of hydrogen-bond donors (Lipinski definition) is 1. The molecule has 1 N–H and O–H groups in total. The second-order valence-electron chi connectivity index (χ2n) is 6.86. The molecule has 106 valence electrons. The smallest absolute Gasteiger partial charge is 0.0240 e. The molecular formula is C17H28N2. The van der Waals surface area contributed by atoms with Crippen LogP contribution in [0.3, 0.4) is 0 Å². The second-order valence-corrected chi connectivity index (χ2v) is 6.86. The minimum absolute atomic E-state index is 0.319. The summed E-state index contributed by atoms with van der Waals surface area (Å²) >= 11 is 0. The van der Waals surface area contributed by atoms with Crippen molar-refractivity contribution in [3.63, 3.8) is 0 Å². The number of rotatable bonds is 4. The fourth-order valence-electron chi connectivity index (χ4n) is 3.05. The van der Waals surface area contributed by atoms with E-state index in [2.05, 4.69) is 68.4 Å². The largest absolute Gasteiger partial charge is 0.315 e. The standard InChI is InChI=1S/C17H28N2/c1-17(2,3)16(18-4)13-19-11-10-15(12-19)14-8-6-5-7-9-14/h5-9,15-16,18H,10-13H2,1-4H3. The fourth-order valence-corrected chi connectivity index (χ4v) is 3.05. The number of nitrogens with one attached hydrogen (secondary N) is 1. The van der Waals surface area contributed by atoms with Gasteiger partial charge in [0, 0.05) is 19.1 Å². The van der Waals surface area contributed by atoms with E-state index in [1.54, 1.807) is 0 Å². The van der Waals surface area contributed by atoms with Gasteiger partial charge in [-0.15, -0.1) is 0 Å². The molecule has 2 nitrogen and oxygen atoms in total. The first-order chi connectivity index (χ1) is 9.00. The summed E-state index contributed by atoms with van der Waals surface area (Å²) < 4.78 is 0. The average Bonchev–Trinajstić information content (AvgIpc) is 2.84. The Kier molecular flexibility index (Phi) is 4.64. The normalized spacial score (nSPS) is 22.6. The highest BCUT2D eigenvalue weighted by Crippen LogP contribution is 2.28. The monoisotopic (exact) mass is 260 g/mol. The molecule has 1 heterocycles. The molecule has 1 fully saturated rings. The van der Waals surface area contributed by atoms with Gasteiger partial charge in [0.2, 0.25) is 0 Å². The lowest BCUT2D eigenvalue weighted by molar-refractivity contribution is 0.201. The molecule has 0 amide bonds. The predicted octanol–water partition coefficient (Wildman–Crippen LogP) is 3.11. The maximum atomic E-state index is 3.48. The van der Waals surface area contributed by atoms with Gasteiger partial charge in [0.05, 0.1) is 0 Å². The van der Waals surface area contributed by atoms with E-state index in [4.69, 9.17) is 0 Å². The van der Waals surface area contributed by atoms with E-state index in [9.17, 15) is 0 Å². The van der Waals surface area contributed by atoms with Gasteiger partial charge in [-0.05, 0) is 36.9 Å². The van der Waals surface area contributed by atoms with Crippen molar-refractivity contribution in [1.29, 1.82) is 0 Å². The van der Waals surface area contributed by atoms with Crippen molar-refractivity contribution in [2.24, 2.45) is 5.41 Å². The average molecular weight is 260 g/mol. The highest BCUT2D eigenvalue weighted by atomic mass is 15.2. The highest BCUT2D eigenvalue weighted by Gasteiger charge is 2.29. The van der Waals surface area contributed by atoms with Gasteiger partial charge < -0.3 is 10.2 Å². The van der Waals surface area contributed by atoms with Gasteiger partial charge in [-0.2, -0.15) is 0 Å². The molecular weight excluding hydrogens is 232 g/mol. The Labute approximate surface area is 118 Å². The molecule has 1 aromatic rings. The van der Waals surface area contributed by atoms with Gasteiger partial charge in [0.25, 0.3) is 0 Å². The van der Waals surface area contributed by atoms with Crippen LogP contribution in [-0.2, 0) is 0 Å². The Morgan fingerprint density at radius 2 is 1.95 bits per heavy atom. The summed E-state index contributed by atoms with van der Waals surface area (Å²) in [5.41, 5.74) is 1.82. The van der Waals surface area contributed by atoms with E-state index >= 15 is 0 Å². The SMILES string of the molecule is CNC(CN1CCC(c2ccccc2)C1)C(C)(C)C. The summed E-state index contributed by atoms with van der Waals surface area (Å²) in [6.45, 7) is 10.5. The van der Waals surface area contributed by atoms with E-state index in [1.165, 1.54) is 25.1 Å². The van der Waals surface area contributed by atoms with Gasteiger partial charge >= 0.3 is 0 Å². The van der Waals surface area contributed by atoms with Crippen LogP contribution >= 0.6 is 0 Å². The maximum Gasteiger partial charge on any atom is 0.0240 e. The van der Waals surface area contributed by atoms with Crippen LogP contribution < -0.4 is 5.32 Å². The van der Waals surface area contributed by atoms with Gasteiger partial charge in [-0.1, -0.05) is 51.1 Å². The number of likely N-dealkylation sites (N-methyl/N-ethyl adjacent to an activating group) is 1. The topological polar surface area (TPSA) is 15.3 Å². The molecule has 2 unspecified atom stereocenters. The molecule has 2 rings (SSSR count). The van der Waals surface area contributed by atoms with E-state index in [0.717, 1.165) is 12.5 Å².